The average molecular weight is 239 g/mol. The number of pyridine rings is 1. The summed E-state index contributed by atoms with van der Waals surface area (Å²) in [6, 6.07) is 12.7. The Morgan fingerprint density at radius 1 is 1.17 bits per heavy atom. The second-order valence-corrected chi connectivity index (χ2v) is 4.97. The molecule has 3 heteroatoms. The molecule has 92 valence electrons. The summed E-state index contributed by atoms with van der Waals surface area (Å²) in [4.78, 5) is 4.43. The Labute approximate surface area is 107 Å². The molecule has 0 aliphatic heterocycles. The van der Waals surface area contributed by atoms with Gasteiger partial charge in [-0.15, -0.1) is 0 Å². The highest BCUT2D eigenvalue weighted by atomic mass is 15.0. The number of nitrogens with zero attached hydrogens (tertiary/aromatic N) is 1. The van der Waals surface area contributed by atoms with Crippen LogP contribution in [-0.4, -0.2) is 11.0 Å². The maximum atomic E-state index is 5.83. The van der Waals surface area contributed by atoms with E-state index in [-0.39, 0.29) is 0 Å². The van der Waals surface area contributed by atoms with E-state index in [2.05, 4.69) is 47.6 Å². The van der Waals surface area contributed by atoms with Gasteiger partial charge in [0.15, 0.2) is 0 Å². The molecule has 1 aromatic carbocycles. The van der Waals surface area contributed by atoms with Crippen molar-refractivity contribution in [3.8, 4) is 0 Å². The summed E-state index contributed by atoms with van der Waals surface area (Å²) in [5, 5.41) is 3.29. The topological polar surface area (TPSA) is 50.9 Å². The van der Waals surface area contributed by atoms with Crippen LogP contribution in [0.1, 0.15) is 23.5 Å². The smallest absolute Gasteiger partial charge is 0.130 e. The number of anilines is 2. The second kappa shape index (κ2) is 4.42. The Hall–Kier alpha value is -1.87. The Morgan fingerprint density at radius 2 is 1.89 bits per heavy atom. The van der Waals surface area contributed by atoms with Crippen LogP contribution in [0.15, 0.2) is 42.6 Å². The molecule has 2 unspecified atom stereocenters. The fourth-order valence-electron chi connectivity index (χ4n) is 2.08. The van der Waals surface area contributed by atoms with Gasteiger partial charge in [0.1, 0.15) is 5.82 Å². The molecule has 18 heavy (non-hydrogen) atoms. The molecule has 3 rings (SSSR count). The van der Waals surface area contributed by atoms with Crippen LogP contribution in [0.3, 0.4) is 0 Å². The lowest BCUT2D eigenvalue weighted by Gasteiger charge is -2.06. The summed E-state index contributed by atoms with van der Waals surface area (Å²) < 4.78 is 0. The number of aromatic nitrogens is 1. The number of hydrogen-bond donors (Lipinski definition) is 2. The maximum absolute atomic E-state index is 5.83. The molecule has 1 heterocycles. The number of benzene rings is 1. The average Bonchev–Trinajstić information content (AvgIpc) is 3.10. The molecule has 2 aromatic rings. The fourth-order valence-corrected chi connectivity index (χ4v) is 2.08. The zero-order valence-corrected chi connectivity index (χ0v) is 10.4. The number of rotatable bonds is 3. The minimum absolute atomic E-state index is 0.336. The first-order valence-corrected chi connectivity index (χ1v) is 6.27. The van der Waals surface area contributed by atoms with Crippen molar-refractivity contribution in [3.05, 3.63) is 53.7 Å². The zero-order chi connectivity index (χ0) is 12.5. The van der Waals surface area contributed by atoms with Crippen LogP contribution in [0.25, 0.3) is 0 Å². The van der Waals surface area contributed by atoms with E-state index in [1.54, 1.807) is 0 Å². The van der Waals surface area contributed by atoms with Crippen molar-refractivity contribution in [3.63, 3.8) is 0 Å². The molecule has 0 radical (unpaired) electrons. The molecule has 1 aliphatic carbocycles. The summed E-state index contributed by atoms with van der Waals surface area (Å²) >= 11 is 0. The second-order valence-electron chi connectivity index (χ2n) is 4.97. The first-order valence-electron chi connectivity index (χ1n) is 6.27. The van der Waals surface area contributed by atoms with Gasteiger partial charge in [0.2, 0.25) is 0 Å². The van der Waals surface area contributed by atoms with E-state index in [0.717, 1.165) is 17.9 Å². The van der Waals surface area contributed by atoms with Gasteiger partial charge in [0.25, 0.3) is 0 Å². The highest BCUT2D eigenvalue weighted by Crippen LogP contribution is 2.38. The van der Waals surface area contributed by atoms with Gasteiger partial charge in [-0.05, 0) is 37.1 Å². The van der Waals surface area contributed by atoms with Gasteiger partial charge < -0.3 is 11.1 Å². The predicted octanol–water partition coefficient (Wildman–Crippen LogP) is 2.95. The molecule has 1 fully saturated rings. The van der Waals surface area contributed by atoms with E-state index in [0.29, 0.717) is 12.0 Å². The molecule has 2 atom stereocenters. The highest BCUT2D eigenvalue weighted by Gasteiger charge is 2.34. The molecule has 1 saturated carbocycles. The lowest BCUT2D eigenvalue weighted by Crippen LogP contribution is -2.01. The van der Waals surface area contributed by atoms with E-state index in [4.69, 9.17) is 5.73 Å². The number of hydrogen-bond acceptors (Lipinski definition) is 3. The summed E-state index contributed by atoms with van der Waals surface area (Å²) in [5.74, 6) is 1.39. The van der Waals surface area contributed by atoms with E-state index in [1.165, 1.54) is 11.1 Å². The summed E-state index contributed by atoms with van der Waals surface area (Å²) in [5.41, 5.74) is 9.39. The van der Waals surface area contributed by atoms with Crippen molar-refractivity contribution in [1.29, 1.82) is 0 Å². The Bertz CT molecular complexity index is 531. The third-order valence-corrected chi connectivity index (χ3v) is 3.38. The molecule has 0 bridgehead atoms. The highest BCUT2D eigenvalue weighted by molar-refractivity contribution is 5.56. The van der Waals surface area contributed by atoms with Crippen LogP contribution >= 0.6 is 0 Å². The van der Waals surface area contributed by atoms with Crippen molar-refractivity contribution in [2.45, 2.75) is 25.3 Å². The lowest BCUT2D eigenvalue weighted by molar-refractivity contribution is 0.981. The number of aryl methyl sites for hydroxylation is 1. The maximum Gasteiger partial charge on any atom is 0.130 e. The molecule has 0 saturated heterocycles. The van der Waals surface area contributed by atoms with E-state index >= 15 is 0 Å². The van der Waals surface area contributed by atoms with Gasteiger partial charge in [-0.1, -0.05) is 23.8 Å². The third-order valence-electron chi connectivity index (χ3n) is 3.38. The van der Waals surface area contributed by atoms with Gasteiger partial charge in [0.05, 0.1) is 0 Å². The fraction of sp³-hybridized carbons (Fsp3) is 0.267. The number of nitrogens with two attached hydrogens (primary N) is 1. The predicted molar refractivity (Wildman–Crippen MR) is 74.0 cm³/mol. The summed E-state index contributed by atoms with van der Waals surface area (Å²) in [6.45, 7) is 2.08. The van der Waals surface area contributed by atoms with Crippen LogP contribution in [0, 0.1) is 6.92 Å². The molecule has 1 aliphatic rings. The Balaban J connectivity index is 1.71. The molecule has 0 amide bonds. The Kier molecular flexibility index (Phi) is 2.76. The minimum Gasteiger partial charge on any atom is -0.340 e. The van der Waals surface area contributed by atoms with Crippen LogP contribution in [0.5, 0.6) is 0 Å². The normalized spacial score (nSPS) is 21.7. The molecule has 1 aromatic heterocycles. The van der Waals surface area contributed by atoms with Gasteiger partial charge >= 0.3 is 0 Å². The largest absolute Gasteiger partial charge is 0.340 e. The van der Waals surface area contributed by atoms with Crippen LogP contribution in [-0.2, 0) is 0 Å². The molecular weight excluding hydrogens is 222 g/mol. The van der Waals surface area contributed by atoms with Crippen LogP contribution in [0.2, 0.25) is 0 Å². The zero-order valence-electron chi connectivity index (χ0n) is 10.4. The minimum atomic E-state index is 0.336. The van der Waals surface area contributed by atoms with Crippen molar-refractivity contribution in [1.82, 2.24) is 4.98 Å². The van der Waals surface area contributed by atoms with Gasteiger partial charge in [-0.3, -0.25) is 0 Å². The molecular formula is C15H17N3. The van der Waals surface area contributed by atoms with Crippen LogP contribution < -0.4 is 11.1 Å². The van der Waals surface area contributed by atoms with Gasteiger partial charge in [0, 0.05) is 23.8 Å². The number of nitrogens with one attached hydrogen (secondary N) is 1. The molecule has 3 N–H and O–H groups in total. The van der Waals surface area contributed by atoms with E-state index < -0.39 is 0 Å². The molecule has 3 nitrogen and oxygen atoms in total. The first kappa shape index (κ1) is 11.2. The van der Waals surface area contributed by atoms with E-state index in [9.17, 15) is 0 Å². The standard InChI is InChI=1S/C15H17N3/c1-10-2-5-12(6-3-10)18-15-7-4-11(9-17-15)13-8-14(13)16/h2-7,9,13-14H,8,16H2,1H3,(H,17,18). The lowest BCUT2D eigenvalue weighted by atomic mass is 10.2. The van der Waals surface area contributed by atoms with Crippen molar-refractivity contribution in [2.75, 3.05) is 5.32 Å². The van der Waals surface area contributed by atoms with Crippen LogP contribution in [0.4, 0.5) is 11.5 Å². The van der Waals surface area contributed by atoms with Gasteiger partial charge in [-0.25, -0.2) is 4.98 Å². The summed E-state index contributed by atoms with van der Waals surface area (Å²) in [6.07, 6.45) is 3.01. The Morgan fingerprint density at radius 3 is 2.44 bits per heavy atom. The van der Waals surface area contributed by atoms with Gasteiger partial charge in [-0.2, -0.15) is 0 Å². The van der Waals surface area contributed by atoms with Crippen molar-refractivity contribution in [2.24, 2.45) is 5.73 Å². The van der Waals surface area contributed by atoms with E-state index in [1.807, 2.05) is 12.3 Å². The molecule has 0 spiro atoms. The third kappa shape index (κ3) is 2.36. The first-order chi connectivity index (χ1) is 8.72. The van der Waals surface area contributed by atoms with Crippen molar-refractivity contribution < 1.29 is 0 Å². The monoisotopic (exact) mass is 239 g/mol. The summed E-state index contributed by atoms with van der Waals surface area (Å²) in [7, 11) is 0. The SMILES string of the molecule is Cc1ccc(Nc2ccc(C3CC3N)cn2)cc1. The quantitative estimate of drug-likeness (QED) is 0.865. The van der Waals surface area contributed by atoms with Crippen molar-refractivity contribution >= 4 is 11.5 Å².